The molecule has 30 heavy (non-hydrogen) atoms. The van der Waals surface area contributed by atoms with Crippen molar-refractivity contribution in [2.24, 2.45) is 0 Å². The SMILES string of the molecule is CCOCC1C2CCC(N2)C2C(C)Oc3ncc(F)c4c(C)c(C(=O)O)nc(c34)N12. The molecule has 2 bridgehead atoms. The average molecular weight is 416 g/mol. The maximum atomic E-state index is 14.9. The predicted molar refractivity (Wildman–Crippen MR) is 108 cm³/mol. The molecule has 2 saturated heterocycles. The summed E-state index contributed by atoms with van der Waals surface area (Å²) in [6.07, 6.45) is 2.80. The quantitative estimate of drug-likeness (QED) is 0.784. The third kappa shape index (κ3) is 2.68. The van der Waals surface area contributed by atoms with Crippen LogP contribution in [0, 0.1) is 12.7 Å². The van der Waals surface area contributed by atoms with Crippen molar-refractivity contribution >= 4 is 22.6 Å². The fourth-order valence-corrected chi connectivity index (χ4v) is 5.41. The van der Waals surface area contributed by atoms with E-state index < -0.39 is 11.8 Å². The minimum Gasteiger partial charge on any atom is -0.477 e. The summed E-state index contributed by atoms with van der Waals surface area (Å²) in [5, 5.41) is 14.1. The van der Waals surface area contributed by atoms with Crippen LogP contribution in [0.4, 0.5) is 10.2 Å². The van der Waals surface area contributed by atoms with Crippen molar-refractivity contribution in [2.75, 3.05) is 18.1 Å². The van der Waals surface area contributed by atoms with Gasteiger partial charge >= 0.3 is 5.97 Å². The number of aromatic nitrogens is 2. The van der Waals surface area contributed by atoms with Crippen LogP contribution in [0.3, 0.4) is 0 Å². The molecule has 0 radical (unpaired) electrons. The highest BCUT2D eigenvalue weighted by molar-refractivity contribution is 6.04. The molecule has 5 heterocycles. The molecule has 0 amide bonds. The van der Waals surface area contributed by atoms with Crippen LogP contribution in [0.2, 0.25) is 0 Å². The van der Waals surface area contributed by atoms with E-state index in [0.717, 1.165) is 19.0 Å². The van der Waals surface area contributed by atoms with Crippen LogP contribution in [0.15, 0.2) is 6.20 Å². The lowest BCUT2D eigenvalue weighted by Crippen LogP contribution is -2.68. The number of hydrogen-bond donors (Lipinski definition) is 2. The van der Waals surface area contributed by atoms with Crippen LogP contribution in [-0.4, -0.2) is 64.5 Å². The van der Waals surface area contributed by atoms with Gasteiger partial charge < -0.3 is 24.8 Å². The summed E-state index contributed by atoms with van der Waals surface area (Å²) in [6.45, 7) is 6.53. The lowest BCUT2D eigenvalue weighted by Gasteiger charge is -2.48. The van der Waals surface area contributed by atoms with Gasteiger partial charge in [-0.2, -0.15) is 0 Å². The summed E-state index contributed by atoms with van der Waals surface area (Å²) < 4.78 is 27.0. The zero-order valence-corrected chi connectivity index (χ0v) is 17.2. The molecule has 2 aromatic rings. The number of carboxylic acid groups (broad SMARTS) is 1. The lowest BCUT2D eigenvalue weighted by atomic mass is 9.95. The number of nitrogens with zero attached hydrogens (tertiary/aromatic N) is 3. The van der Waals surface area contributed by atoms with Crippen molar-refractivity contribution in [1.29, 1.82) is 0 Å². The lowest BCUT2D eigenvalue weighted by molar-refractivity contribution is 0.0689. The summed E-state index contributed by atoms with van der Waals surface area (Å²) in [5.41, 5.74) is 0.125. The first kappa shape index (κ1) is 19.4. The number of rotatable bonds is 4. The summed E-state index contributed by atoms with van der Waals surface area (Å²) in [6, 6.07) is 0.161. The topological polar surface area (TPSA) is 96.8 Å². The smallest absolute Gasteiger partial charge is 0.354 e. The fraction of sp³-hybridized carbons (Fsp3) is 0.571. The Morgan fingerprint density at radius 3 is 2.90 bits per heavy atom. The molecule has 0 spiro atoms. The second-order valence-corrected chi connectivity index (χ2v) is 8.28. The molecule has 2 N–H and O–H groups in total. The van der Waals surface area contributed by atoms with Crippen LogP contribution >= 0.6 is 0 Å². The van der Waals surface area contributed by atoms with E-state index in [1.165, 1.54) is 0 Å². The van der Waals surface area contributed by atoms with Crippen molar-refractivity contribution in [1.82, 2.24) is 15.3 Å². The van der Waals surface area contributed by atoms with Gasteiger partial charge in [-0.3, -0.25) is 0 Å². The van der Waals surface area contributed by atoms with Gasteiger partial charge in [-0.05, 0) is 39.2 Å². The molecule has 3 aliphatic rings. The predicted octanol–water partition coefficient (Wildman–Crippen LogP) is 2.27. The molecule has 5 rings (SSSR count). The summed E-state index contributed by atoms with van der Waals surface area (Å²) in [7, 11) is 0. The summed E-state index contributed by atoms with van der Waals surface area (Å²) >= 11 is 0. The van der Waals surface area contributed by atoms with Crippen molar-refractivity contribution < 1.29 is 23.8 Å². The van der Waals surface area contributed by atoms with Gasteiger partial charge in [-0.1, -0.05) is 0 Å². The fourth-order valence-electron chi connectivity index (χ4n) is 5.41. The molecule has 0 saturated carbocycles. The van der Waals surface area contributed by atoms with Gasteiger partial charge in [-0.25, -0.2) is 19.2 Å². The normalized spacial score (nSPS) is 29.5. The molecule has 0 aromatic carbocycles. The van der Waals surface area contributed by atoms with E-state index in [9.17, 15) is 14.3 Å². The van der Waals surface area contributed by atoms with Gasteiger partial charge in [0.15, 0.2) is 5.69 Å². The Bertz CT molecular complexity index is 1030. The molecule has 2 fully saturated rings. The molecule has 160 valence electrons. The number of halogens is 1. The molecular formula is C21H25FN4O4. The van der Waals surface area contributed by atoms with E-state index >= 15 is 0 Å². The van der Waals surface area contributed by atoms with Gasteiger partial charge in [0, 0.05) is 24.1 Å². The van der Waals surface area contributed by atoms with E-state index in [2.05, 4.69) is 20.2 Å². The standard InChI is InChI=1S/C21H25FN4O4/c1-4-29-8-14-12-5-6-13(24-12)18-10(3)30-20-16-15(11(22)7-23-20)9(2)17(21(27)28)25-19(16)26(14)18/h7,10,12-14,18,24H,4-6,8H2,1-3H3,(H,27,28). The first-order valence-electron chi connectivity index (χ1n) is 10.4. The van der Waals surface area contributed by atoms with Gasteiger partial charge in [0.2, 0.25) is 5.88 Å². The summed E-state index contributed by atoms with van der Waals surface area (Å²) in [5.74, 6) is -1.04. The van der Waals surface area contributed by atoms with Crippen molar-refractivity contribution in [3.8, 4) is 5.88 Å². The number of carboxylic acids is 1. The highest BCUT2D eigenvalue weighted by Gasteiger charge is 2.51. The number of aryl methyl sites for hydroxylation is 1. The van der Waals surface area contributed by atoms with Crippen LogP contribution < -0.4 is 15.0 Å². The van der Waals surface area contributed by atoms with Crippen molar-refractivity contribution in [3.05, 3.63) is 23.3 Å². The highest BCUT2D eigenvalue weighted by Crippen LogP contribution is 2.45. The molecule has 5 atom stereocenters. The van der Waals surface area contributed by atoms with Crippen LogP contribution in [0.1, 0.15) is 42.7 Å². The van der Waals surface area contributed by atoms with Gasteiger partial charge in [0.25, 0.3) is 0 Å². The monoisotopic (exact) mass is 416 g/mol. The van der Waals surface area contributed by atoms with Gasteiger partial charge in [0.1, 0.15) is 17.7 Å². The molecule has 0 aliphatic carbocycles. The Kier molecular flexibility index (Phi) is 4.55. The Morgan fingerprint density at radius 2 is 2.17 bits per heavy atom. The molecular weight excluding hydrogens is 391 g/mol. The highest BCUT2D eigenvalue weighted by atomic mass is 19.1. The minimum atomic E-state index is -1.18. The number of ether oxygens (including phenoxy) is 2. The Hall–Kier alpha value is -2.52. The Labute approximate surface area is 173 Å². The number of aromatic carboxylic acids is 1. The van der Waals surface area contributed by atoms with E-state index in [1.807, 2.05) is 13.8 Å². The number of carbonyl (C=O) groups is 1. The first-order valence-corrected chi connectivity index (χ1v) is 10.4. The van der Waals surface area contributed by atoms with Crippen LogP contribution in [0.25, 0.3) is 10.8 Å². The number of nitrogens with one attached hydrogen (secondary N) is 1. The molecule has 2 aromatic heterocycles. The third-order valence-electron chi connectivity index (χ3n) is 6.66. The van der Waals surface area contributed by atoms with E-state index in [4.69, 9.17) is 9.47 Å². The van der Waals surface area contributed by atoms with E-state index in [0.29, 0.717) is 30.3 Å². The van der Waals surface area contributed by atoms with E-state index in [1.54, 1.807) is 6.92 Å². The largest absolute Gasteiger partial charge is 0.477 e. The second-order valence-electron chi connectivity index (χ2n) is 8.28. The number of pyridine rings is 2. The number of piperazine rings is 1. The first-order chi connectivity index (χ1) is 14.4. The third-order valence-corrected chi connectivity index (χ3v) is 6.66. The average Bonchev–Trinajstić information content (AvgIpc) is 3.07. The van der Waals surface area contributed by atoms with Crippen LogP contribution in [-0.2, 0) is 4.74 Å². The zero-order valence-electron chi connectivity index (χ0n) is 17.2. The summed E-state index contributed by atoms with van der Waals surface area (Å²) in [4.78, 5) is 22.9. The minimum absolute atomic E-state index is 0.0750. The van der Waals surface area contributed by atoms with Crippen molar-refractivity contribution in [3.63, 3.8) is 0 Å². The Morgan fingerprint density at radius 1 is 1.40 bits per heavy atom. The zero-order chi connectivity index (χ0) is 21.2. The van der Waals surface area contributed by atoms with E-state index in [-0.39, 0.29) is 46.9 Å². The van der Waals surface area contributed by atoms with Crippen molar-refractivity contribution in [2.45, 2.75) is 63.9 Å². The molecule has 9 heteroatoms. The van der Waals surface area contributed by atoms with Gasteiger partial charge in [-0.15, -0.1) is 0 Å². The second kappa shape index (κ2) is 7.02. The van der Waals surface area contributed by atoms with Crippen LogP contribution in [0.5, 0.6) is 5.88 Å². The maximum absolute atomic E-state index is 14.9. The molecule has 3 aliphatic heterocycles. The number of anilines is 1. The maximum Gasteiger partial charge on any atom is 0.354 e. The Balaban J connectivity index is 1.82. The molecule has 5 unspecified atom stereocenters. The number of hydrogen-bond acceptors (Lipinski definition) is 7. The molecule has 8 nitrogen and oxygen atoms in total. The van der Waals surface area contributed by atoms with Gasteiger partial charge in [0.05, 0.1) is 30.3 Å². The number of fused-ring (bicyclic) bond motifs is 5.